The minimum absolute atomic E-state index is 0.344. The van der Waals surface area contributed by atoms with E-state index in [-0.39, 0.29) is 0 Å². The van der Waals surface area contributed by atoms with Crippen molar-refractivity contribution in [2.24, 2.45) is 5.92 Å². The van der Waals surface area contributed by atoms with Gasteiger partial charge in [0.25, 0.3) is 0 Å². The first-order valence-electron chi connectivity index (χ1n) is 8.59. The zero-order chi connectivity index (χ0) is 14.3. The fraction of sp³-hybridized carbons (Fsp3) is 0.722. The van der Waals surface area contributed by atoms with Gasteiger partial charge < -0.3 is 5.32 Å². The predicted octanol–water partition coefficient (Wildman–Crippen LogP) is 2.97. The molecule has 2 saturated carbocycles. The number of rotatable bonds is 3. The number of hydrogen-bond donors (Lipinski definition) is 1. The summed E-state index contributed by atoms with van der Waals surface area (Å²) in [7, 11) is 0. The van der Waals surface area contributed by atoms with Crippen molar-refractivity contribution in [2.75, 3.05) is 13.1 Å². The van der Waals surface area contributed by atoms with Gasteiger partial charge in [-0.3, -0.25) is 9.88 Å². The summed E-state index contributed by atoms with van der Waals surface area (Å²) in [5, 5.41) is 3.97. The monoisotopic (exact) mass is 285 g/mol. The third kappa shape index (κ3) is 2.51. The summed E-state index contributed by atoms with van der Waals surface area (Å²) in [5.74, 6) is 0.894. The lowest BCUT2D eigenvalue weighted by atomic mass is 9.83. The largest absolute Gasteiger partial charge is 0.308 e. The number of piperazine rings is 1. The smallest absolute Gasteiger partial charge is 0.0338 e. The molecule has 1 spiro atoms. The van der Waals surface area contributed by atoms with Crippen LogP contribution in [0.4, 0.5) is 0 Å². The Morgan fingerprint density at radius 1 is 1.24 bits per heavy atom. The van der Waals surface area contributed by atoms with Gasteiger partial charge in [0.15, 0.2) is 0 Å². The van der Waals surface area contributed by atoms with Crippen LogP contribution in [0.5, 0.6) is 0 Å². The van der Waals surface area contributed by atoms with Crippen molar-refractivity contribution >= 4 is 0 Å². The van der Waals surface area contributed by atoms with Crippen molar-refractivity contribution in [1.82, 2.24) is 15.2 Å². The highest BCUT2D eigenvalue weighted by Gasteiger charge is 2.52. The molecule has 1 aliphatic heterocycles. The Morgan fingerprint density at radius 2 is 1.95 bits per heavy atom. The molecule has 1 atom stereocenters. The normalized spacial score (nSPS) is 32.6. The fourth-order valence-electron chi connectivity index (χ4n) is 4.52. The van der Waals surface area contributed by atoms with Gasteiger partial charge >= 0.3 is 0 Å². The maximum Gasteiger partial charge on any atom is 0.0338 e. The zero-order valence-electron chi connectivity index (χ0n) is 13.1. The molecule has 3 nitrogen and oxygen atoms in total. The fourth-order valence-corrected chi connectivity index (χ4v) is 4.52. The van der Waals surface area contributed by atoms with E-state index in [1.165, 1.54) is 57.2 Å². The van der Waals surface area contributed by atoms with Crippen LogP contribution < -0.4 is 5.32 Å². The van der Waals surface area contributed by atoms with E-state index in [4.69, 9.17) is 0 Å². The van der Waals surface area contributed by atoms with E-state index >= 15 is 0 Å². The maximum absolute atomic E-state index is 4.16. The van der Waals surface area contributed by atoms with Gasteiger partial charge in [-0.15, -0.1) is 0 Å². The first kappa shape index (κ1) is 13.7. The van der Waals surface area contributed by atoms with Gasteiger partial charge in [0.05, 0.1) is 0 Å². The molecule has 3 heteroatoms. The number of aromatic nitrogens is 1. The molecule has 1 N–H and O–H groups in total. The summed E-state index contributed by atoms with van der Waals surface area (Å²) in [5.41, 5.74) is 2.16. The number of nitrogens with one attached hydrogen (secondary N) is 1. The van der Waals surface area contributed by atoms with Crippen LogP contribution in [-0.4, -0.2) is 34.1 Å². The predicted molar refractivity (Wildman–Crippen MR) is 85.0 cm³/mol. The number of pyridine rings is 1. The Hall–Kier alpha value is -0.930. The van der Waals surface area contributed by atoms with Crippen LogP contribution in [-0.2, 0) is 6.54 Å². The molecule has 3 aliphatic rings. The van der Waals surface area contributed by atoms with Crippen molar-refractivity contribution in [3.8, 4) is 0 Å². The van der Waals surface area contributed by atoms with E-state index in [0.29, 0.717) is 11.1 Å². The van der Waals surface area contributed by atoms with Crippen LogP contribution in [0.25, 0.3) is 0 Å². The third-order valence-electron chi connectivity index (χ3n) is 6.18. The molecule has 3 fully saturated rings. The van der Waals surface area contributed by atoms with Crippen LogP contribution in [0.1, 0.15) is 51.0 Å². The summed E-state index contributed by atoms with van der Waals surface area (Å²) >= 11 is 0. The summed E-state index contributed by atoms with van der Waals surface area (Å²) in [6, 6.07) is 4.35. The second-order valence-corrected chi connectivity index (χ2v) is 7.68. The van der Waals surface area contributed by atoms with Crippen LogP contribution in [0.2, 0.25) is 0 Å². The molecular weight excluding hydrogens is 258 g/mol. The van der Waals surface area contributed by atoms with Gasteiger partial charge in [-0.25, -0.2) is 0 Å². The summed E-state index contributed by atoms with van der Waals surface area (Å²) in [6.07, 6.45) is 12.2. The molecule has 0 aromatic carbocycles. The Bertz CT molecular complexity index is 490. The molecule has 4 rings (SSSR count). The first-order chi connectivity index (χ1) is 10.2. The highest BCUT2D eigenvalue weighted by atomic mass is 15.3. The van der Waals surface area contributed by atoms with E-state index in [1.54, 1.807) is 0 Å². The molecule has 1 aromatic rings. The Labute approximate surface area is 128 Å². The van der Waals surface area contributed by atoms with E-state index < -0.39 is 0 Å². The quantitative estimate of drug-likeness (QED) is 0.925. The highest BCUT2D eigenvalue weighted by molar-refractivity contribution is 5.15. The van der Waals surface area contributed by atoms with E-state index in [0.717, 1.165) is 12.5 Å². The molecule has 0 amide bonds. The minimum atomic E-state index is 0.344. The standard InChI is InChI=1S/C18H27N3/c1-17(16-4-5-16)13-20-18(8-2-3-9-18)14-21(17)12-15-6-10-19-11-7-15/h6-7,10-11,16,20H,2-5,8-9,12-14H2,1H3. The first-order valence-corrected chi connectivity index (χ1v) is 8.59. The second-order valence-electron chi connectivity index (χ2n) is 7.68. The van der Waals surface area contributed by atoms with Crippen LogP contribution in [0, 0.1) is 5.92 Å². The van der Waals surface area contributed by atoms with Gasteiger partial charge in [-0.1, -0.05) is 12.8 Å². The molecule has 114 valence electrons. The van der Waals surface area contributed by atoms with Crippen LogP contribution >= 0.6 is 0 Å². The van der Waals surface area contributed by atoms with Crippen molar-refractivity contribution in [2.45, 2.75) is 63.1 Å². The zero-order valence-corrected chi connectivity index (χ0v) is 13.1. The lowest BCUT2D eigenvalue weighted by Gasteiger charge is -2.53. The Morgan fingerprint density at radius 3 is 2.62 bits per heavy atom. The molecule has 1 aromatic heterocycles. The molecular formula is C18H27N3. The van der Waals surface area contributed by atoms with Gasteiger partial charge in [0.1, 0.15) is 0 Å². The summed E-state index contributed by atoms with van der Waals surface area (Å²) in [6.45, 7) is 5.96. The lowest BCUT2D eigenvalue weighted by Crippen LogP contribution is -2.68. The van der Waals surface area contributed by atoms with Crippen molar-refractivity contribution in [1.29, 1.82) is 0 Å². The minimum Gasteiger partial charge on any atom is -0.308 e. The topological polar surface area (TPSA) is 28.2 Å². The van der Waals surface area contributed by atoms with Gasteiger partial charge in [-0.2, -0.15) is 0 Å². The second kappa shape index (κ2) is 5.06. The third-order valence-corrected chi connectivity index (χ3v) is 6.18. The van der Waals surface area contributed by atoms with Gasteiger partial charge in [0.2, 0.25) is 0 Å². The average Bonchev–Trinajstić information content (AvgIpc) is 3.27. The Balaban J connectivity index is 1.58. The van der Waals surface area contributed by atoms with Crippen LogP contribution in [0.3, 0.4) is 0 Å². The van der Waals surface area contributed by atoms with E-state index in [1.807, 2.05) is 12.4 Å². The Kier molecular flexibility index (Phi) is 3.31. The van der Waals surface area contributed by atoms with Gasteiger partial charge in [-0.05, 0) is 56.2 Å². The van der Waals surface area contributed by atoms with Crippen molar-refractivity contribution in [3.05, 3.63) is 30.1 Å². The van der Waals surface area contributed by atoms with Crippen LogP contribution in [0.15, 0.2) is 24.5 Å². The van der Waals surface area contributed by atoms with Gasteiger partial charge in [0, 0.05) is 43.1 Å². The van der Waals surface area contributed by atoms with E-state index in [9.17, 15) is 0 Å². The SMILES string of the molecule is CC1(C2CC2)CNC2(CCCC2)CN1Cc1ccncc1. The molecule has 1 saturated heterocycles. The summed E-state index contributed by atoms with van der Waals surface area (Å²) in [4.78, 5) is 6.96. The molecule has 2 aliphatic carbocycles. The average molecular weight is 285 g/mol. The van der Waals surface area contributed by atoms with Crippen molar-refractivity contribution in [3.63, 3.8) is 0 Å². The molecule has 21 heavy (non-hydrogen) atoms. The highest BCUT2D eigenvalue weighted by Crippen LogP contribution is 2.47. The number of hydrogen-bond acceptors (Lipinski definition) is 3. The summed E-state index contributed by atoms with van der Waals surface area (Å²) < 4.78 is 0. The maximum atomic E-state index is 4.16. The number of nitrogens with zero attached hydrogens (tertiary/aromatic N) is 2. The molecule has 0 bridgehead atoms. The molecule has 1 unspecified atom stereocenters. The molecule has 2 heterocycles. The van der Waals surface area contributed by atoms with Crippen molar-refractivity contribution < 1.29 is 0 Å². The molecule has 0 radical (unpaired) electrons. The van der Waals surface area contributed by atoms with E-state index in [2.05, 4.69) is 34.3 Å². The lowest BCUT2D eigenvalue weighted by molar-refractivity contribution is -0.00382.